The molecule has 1 heterocycles. The van der Waals surface area contributed by atoms with Crippen LogP contribution in [0.4, 0.5) is 4.39 Å². The molecule has 0 saturated heterocycles. The normalized spacial score (nSPS) is 11.6. The summed E-state index contributed by atoms with van der Waals surface area (Å²) in [5.41, 5.74) is 0. The van der Waals surface area contributed by atoms with Crippen LogP contribution >= 0.6 is 0 Å². The van der Waals surface area contributed by atoms with Crippen molar-refractivity contribution in [3.8, 4) is 0 Å². The van der Waals surface area contributed by atoms with E-state index in [2.05, 4.69) is 14.7 Å². The summed E-state index contributed by atoms with van der Waals surface area (Å²) in [4.78, 5) is 6.53. The minimum Gasteiger partial charge on any atom is -0.347 e. The van der Waals surface area contributed by atoms with Crippen LogP contribution in [0.25, 0.3) is 0 Å². The maximum Gasteiger partial charge on any atom is 0.241 e. The SMILES string of the molecule is O=S(=O)(NCc1ncc[nH]1)c1cccc(F)c1. The second-order valence-electron chi connectivity index (χ2n) is 3.32. The van der Waals surface area contributed by atoms with Gasteiger partial charge in [0.25, 0.3) is 0 Å². The topological polar surface area (TPSA) is 74.8 Å². The molecule has 2 rings (SSSR count). The third-order valence-corrected chi connectivity index (χ3v) is 3.49. The molecule has 0 saturated carbocycles. The Kier molecular flexibility index (Phi) is 3.21. The summed E-state index contributed by atoms with van der Waals surface area (Å²) in [7, 11) is -3.71. The number of nitrogens with zero attached hydrogens (tertiary/aromatic N) is 1. The van der Waals surface area contributed by atoms with Crippen molar-refractivity contribution in [2.75, 3.05) is 0 Å². The Morgan fingerprint density at radius 1 is 1.41 bits per heavy atom. The second-order valence-corrected chi connectivity index (χ2v) is 5.08. The van der Waals surface area contributed by atoms with Crippen LogP contribution in [0.2, 0.25) is 0 Å². The Balaban J connectivity index is 2.14. The number of hydrogen-bond acceptors (Lipinski definition) is 3. The minimum absolute atomic E-state index is 0.0336. The van der Waals surface area contributed by atoms with E-state index in [1.165, 1.54) is 24.4 Å². The molecule has 2 N–H and O–H groups in total. The van der Waals surface area contributed by atoms with Gasteiger partial charge in [0.05, 0.1) is 11.4 Å². The van der Waals surface area contributed by atoms with E-state index < -0.39 is 15.8 Å². The predicted octanol–water partition coefficient (Wildman–Crippen LogP) is 1.03. The first-order valence-corrected chi connectivity index (χ1v) is 6.30. The minimum atomic E-state index is -3.71. The number of nitrogens with one attached hydrogen (secondary N) is 2. The largest absolute Gasteiger partial charge is 0.347 e. The van der Waals surface area contributed by atoms with Gasteiger partial charge < -0.3 is 4.98 Å². The molecular formula is C10H10FN3O2S. The van der Waals surface area contributed by atoms with E-state index in [1.807, 2.05) is 0 Å². The molecule has 0 bridgehead atoms. The fraction of sp³-hybridized carbons (Fsp3) is 0.100. The number of aromatic amines is 1. The highest BCUT2D eigenvalue weighted by Gasteiger charge is 2.14. The van der Waals surface area contributed by atoms with Gasteiger partial charge in [0, 0.05) is 12.4 Å². The number of imidazole rings is 1. The molecule has 0 fully saturated rings. The molecule has 2 aromatic rings. The van der Waals surface area contributed by atoms with Gasteiger partial charge in [-0.1, -0.05) is 6.07 Å². The number of benzene rings is 1. The molecule has 5 nitrogen and oxygen atoms in total. The molecular weight excluding hydrogens is 245 g/mol. The van der Waals surface area contributed by atoms with Crippen LogP contribution in [0.3, 0.4) is 0 Å². The lowest BCUT2D eigenvalue weighted by atomic mass is 10.4. The lowest BCUT2D eigenvalue weighted by molar-refractivity contribution is 0.576. The summed E-state index contributed by atoms with van der Waals surface area (Å²) in [6.45, 7) is 0.0336. The first-order chi connectivity index (χ1) is 8.08. The first kappa shape index (κ1) is 11.7. The van der Waals surface area contributed by atoms with Gasteiger partial charge in [0.15, 0.2) is 0 Å². The van der Waals surface area contributed by atoms with E-state index in [0.29, 0.717) is 5.82 Å². The summed E-state index contributed by atoms with van der Waals surface area (Å²) in [5, 5.41) is 0. The van der Waals surface area contributed by atoms with Crippen molar-refractivity contribution in [1.29, 1.82) is 0 Å². The zero-order chi connectivity index (χ0) is 12.3. The molecule has 0 amide bonds. The van der Waals surface area contributed by atoms with E-state index in [0.717, 1.165) is 6.07 Å². The van der Waals surface area contributed by atoms with Crippen molar-refractivity contribution in [3.63, 3.8) is 0 Å². The number of sulfonamides is 1. The van der Waals surface area contributed by atoms with Crippen molar-refractivity contribution in [2.45, 2.75) is 11.4 Å². The predicted molar refractivity (Wildman–Crippen MR) is 59.0 cm³/mol. The number of aromatic nitrogens is 2. The Bertz CT molecular complexity index is 596. The second kappa shape index (κ2) is 4.64. The summed E-state index contributed by atoms with van der Waals surface area (Å²) in [6.07, 6.45) is 3.11. The summed E-state index contributed by atoms with van der Waals surface area (Å²) >= 11 is 0. The monoisotopic (exact) mass is 255 g/mol. The highest BCUT2D eigenvalue weighted by atomic mass is 32.2. The fourth-order valence-corrected chi connectivity index (χ4v) is 2.29. The molecule has 0 aliphatic carbocycles. The van der Waals surface area contributed by atoms with Crippen LogP contribution in [0.5, 0.6) is 0 Å². The van der Waals surface area contributed by atoms with Crippen LogP contribution in [0, 0.1) is 5.82 Å². The standard InChI is InChI=1S/C10H10FN3O2S/c11-8-2-1-3-9(6-8)17(15,16)14-7-10-12-4-5-13-10/h1-6,14H,7H2,(H,12,13). The summed E-state index contributed by atoms with van der Waals surface area (Å²) in [5.74, 6) is -0.101. The van der Waals surface area contributed by atoms with Gasteiger partial charge in [0.2, 0.25) is 10.0 Å². The summed E-state index contributed by atoms with van der Waals surface area (Å²) < 4.78 is 38.7. The Hall–Kier alpha value is -1.73. The molecule has 0 atom stereocenters. The van der Waals surface area contributed by atoms with Gasteiger partial charge >= 0.3 is 0 Å². The number of halogens is 1. The highest BCUT2D eigenvalue weighted by molar-refractivity contribution is 7.89. The first-order valence-electron chi connectivity index (χ1n) is 4.81. The van der Waals surface area contributed by atoms with Crippen molar-refractivity contribution >= 4 is 10.0 Å². The molecule has 1 aromatic heterocycles. The lowest BCUT2D eigenvalue weighted by Gasteiger charge is -2.05. The van der Waals surface area contributed by atoms with E-state index in [4.69, 9.17) is 0 Å². The van der Waals surface area contributed by atoms with Crippen LogP contribution < -0.4 is 4.72 Å². The smallest absolute Gasteiger partial charge is 0.241 e. The van der Waals surface area contributed by atoms with Crippen LogP contribution in [-0.4, -0.2) is 18.4 Å². The Labute approximate surface area is 97.8 Å². The molecule has 7 heteroatoms. The molecule has 1 aromatic carbocycles. The van der Waals surface area contributed by atoms with Crippen molar-refractivity contribution < 1.29 is 12.8 Å². The van der Waals surface area contributed by atoms with E-state index in [9.17, 15) is 12.8 Å². The number of hydrogen-bond donors (Lipinski definition) is 2. The molecule has 0 radical (unpaired) electrons. The van der Waals surface area contributed by atoms with Gasteiger partial charge in [-0.2, -0.15) is 0 Å². The summed E-state index contributed by atoms with van der Waals surface area (Å²) in [6, 6.07) is 4.82. The molecule has 0 unspecified atom stereocenters. The van der Waals surface area contributed by atoms with Gasteiger partial charge in [-0.15, -0.1) is 0 Å². The van der Waals surface area contributed by atoms with Crippen molar-refractivity contribution in [1.82, 2.24) is 14.7 Å². The molecule has 0 aliphatic rings. The van der Waals surface area contributed by atoms with E-state index in [-0.39, 0.29) is 11.4 Å². The van der Waals surface area contributed by atoms with Crippen molar-refractivity contribution in [3.05, 3.63) is 48.3 Å². The van der Waals surface area contributed by atoms with Gasteiger partial charge in [-0.05, 0) is 18.2 Å². The molecule has 0 spiro atoms. The number of rotatable bonds is 4. The Morgan fingerprint density at radius 2 is 2.24 bits per heavy atom. The van der Waals surface area contributed by atoms with Crippen LogP contribution in [-0.2, 0) is 16.6 Å². The fourth-order valence-electron chi connectivity index (χ4n) is 1.28. The zero-order valence-electron chi connectivity index (χ0n) is 8.72. The third-order valence-electron chi connectivity index (χ3n) is 2.09. The van der Waals surface area contributed by atoms with Crippen LogP contribution in [0.15, 0.2) is 41.6 Å². The average Bonchev–Trinajstić information content (AvgIpc) is 2.79. The lowest BCUT2D eigenvalue weighted by Crippen LogP contribution is -2.23. The number of H-pyrrole nitrogens is 1. The highest BCUT2D eigenvalue weighted by Crippen LogP contribution is 2.10. The molecule has 0 aliphatic heterocycles. The Morgan fingerprint density at radius 3 is 2.88 bits per heavy atom. The van der Waals surface area contributed by atoms with Gasteiger partial charge in [-0.25, -0.2) is 22.5 Å². The van der Waals surface area contributed by atoms with Crippen LogP contribution in [0.1, 0.15) is 5.82 Å². The molecule has 17 heavy (non-hydrogen) atoms. The average molecular weight is 255 g/mol. The van der Waals surface area contributed by atoms with E-state index in [1.54, 1.807) is 6.20 Å². The maximum absolute atomic E-state index is 12.9. The molecule has 90 valence electrons. The third kappa shape index (κ3) is 2.89. The van der Waals surface area contributed by atoms with Gasteiger partial charge in [-0.3, -0.25) is 0 Å². The van der Waals surface area contributed by atoms with E-state index >= 15 is 0 Å². The maximum atomic E-state index is 12.9. The van der Waals surface area contributed by atoms with Gasteiger partial charge in [0.1, 0.15) is 11.6 Å². The quantitative estimate of drug-likeness (QED) is 0.856. The van der Waals surface area contributed by atoms with Crippen molar-refractivity contribution in [2.24, 2.45) is 0 Å². The zero-order valence-corrected chi connectivity index (χ0v) is 9.54.